The van der Waals surface area contributed by atoms with Crippen molar-refractivity contribution in [2.24, 2.45) is 0 Å². The molecular formula is C23H18FNO3. The molecule has 0 unspecified atom stereocenters. The van der Waals surface area contributed by atoms with Gasteiger partial charge < -0.3 is 14.5 Å². The van der Waals surface area contributed by atoms with E-state index in [4.69, 9.17) is 9.15 Å². The summed E-state index contributed by atoms with van der Waals surface area (Å²) in [7, 11) is 0. The quantitative estimate of drug-likeness (QED) is 0.520. The van der Waals surface area contributed by atoms with E-state index >= 15 is 0 Å². The van der Waals surface area contributed by atoms with E-state index in [0.717, 1.165) is 16.3 Å². The first-order chi connectivity index (χ1) is 13.7. The third-order valence-electron chi connectivity index (χ3n) is 4.34. The highest BCUT2D eigenvalue weighted by atomic mass is 19.1. The molecule has 4 nitrogen and oxygen atoms in total. The van der Waals surface area contributed by atoms with Gasteiger partial charge in [0, 0.05) is 5.56 Å². The number of carbonyl (C=O) groups is 1. The zero-order valence-corrected chi connectivity index (χ0v) is 15.0. The standard InChI is InChI=1S/C23H18FNO3/c24-19-8-5-17(6-9-19)22-12-11-21(28-22)14-25-23(26)15-27-20-10-7-16-3-1-2-4-18(16)13-20/h1-13H,14-15H2,(H,25,26). The second-order valence-electron chi connectivity index (χ2n) is 6.35. The van der Waals surface area contributed by atoms with Crippen molar-refractivity contribution >= 4 is 16.7 Å². The Hall–Kier alpha value is -3.60. The van der Waals surface area contributed by atoms with Crippen LogP contribution in [-0.2, 0) is 11.3 Å². The number of furan rings is 1. The van der Waals surface area contributed by atoms with E-state index in [1.165, 1.54) is 12.1 Å². The molecule has 4 aromatic rings. The van der Waals surface area contributed by atoms with Gasteiger partial charge in [0.15, 0.2) is 6.61 Å². The van der Waals surface area contributed by atoms with Crippen LogP contribution >= 0.6 is 0 Å². The summed E-state index contributed by atoms with van der Waals surface area (Å²) in [6.07, 6.45) is 0. The first-order valence-corrected chi connectivity index (χ1v) is 8.90. The molecule has 0 atom stereocenters. The van der Waals surface area contributed by atoms with Gasteiger partial charge in [0.2, 0.25) is 0 Å². The Labute approximate surface area is 161 Å². The van der Waals surface area contributed by atoms with Gasteiger partial charge in [-0.3, -0.25) is 4.79 Å². The van der Waals surface area contributed by atoms with E-state index in [9.17, 15) is 9.18 Å². The predicted octanol–water partition coefficient (Wildman–Crippen LogP) is 4.93. The number of carbonyl (C=O) groups excluding carboxylic acids is 1. The van der Waals surface area contributed by atoms with Crippen LogP contribution in [0.2, 0.25) is 0 Å². The highest BCUT2D eigenvalue weighted by molar-refractivity contribution is 5.84. The predicted molar refractivity (Wildman–Crippen MR) is 105 cm³/mol. The molecule has 0 aliphatic carbocycles. The molecule has 4 rings (SSSR count). The van der Waals surface area contributed by atoms with Gasteiger partial charge in [-0.15, -0.1) is 0 Å². The Bertz CT molecular complexity index is 1100. The van der Waals surface area contributed by atoms with E-state index in [2.05, 4.69) is 5.32 Å². The summed E-state index contributed by atoms with van der Waals surface area (Å²) in [5.74, 6) is 1.34. The van der Waals surface area contributed by atoms with Crippen LogP contribution in [-0.4, -0.2) is 12.5 Å². The van der Waals surface area contributed by atoms with Crippen LogP contribution in [0.1, 0.15) is 5.76 Å². The average molecular weight is 375 g/mol. The van der Waals surface area contributed by atoms with E-state index in [-0.39, 0.29) is 24.9 Å². The lowest BCUT2D eigenvalue weighted by Crippen LogP contribution is -2.28. The summed E-state index contributed by atoms with van der Waals surface area (Å²) >= 11 is 0. The molecule has 1 heterocycles. The lowest BCUT2D eigenvalue weighted by Gasteiger charge is -2.07. The van der Waals surface area contributed by atoms with Crippen LogP contribution in [0.3, 0.4) is 0 Å². The maximum Gasteiger partial charge on any atom is 0.258 e. The van der Waals surface area contributed by atoms with Crippen molar-refractivity contribution in [3.63, 3.8) is 0 Å². The fraction of sp³-hybridized carbons (Fsp3) is 0.0870. The van der Waals surface area contributed by atoms with Crippen LogP contribution in [0.25, 0.3) is 22.1 Å². The SMILES string of the molecule is O=C(COc1ccc2ccccc2c1)NCc1ccc(-c2ccc(F)cc2)o1. The number of amides is 1. The van der Waals surface area contributed by atoms with Crippen molar-refractivity contribution < 1.29 is 18.3 Å². The molecule has 0 bridgehead atoms. The van der Waals surface area contributed by atoms with Crippen LogP contribution in [0, 0.1) is 5.82 Å². The minimum Gasteiger partial charge on any atom is -0.484 e. The van der Waals surface area contributed by atoms with Crippen molar-refractivity contribution in [1.82, 2.24) is 5.32 Å². The molecule has 3 aromatic carbocycles. The van der Waals surface area contributed by atoms with Crippen molar-refractivity contribution in [2.75, 3.05) is 6.61 Å². The molecule has 0 aliphatic heterocycles. The van der Waals surface area contributed by atoms with E-state index in [1.54, 1.807) is 24.3 Å². The summed E-state index contributed by atoms with van der Waals surface area (Å²) in [5, 5.41) is 4.94. The normalized spacial score (nSPS) is 10.8. The Balaban J connectivity index is 1.30. The summed E-state index contributed by atoms with van der Waals surface area (Å²) in [4.78, 5) is 12.0. The van der Waals surface area contributed by atoms with Gasteiger partial charge >= 0.3 is 0 Å². The molecule has 0 spiro atoms. The number of rotatable bonds is 6. The fourth-order valence-corrected chi connectivity index (χ4v) is 2.89. The fourth-order valence-electron chi connectivity index (χ4n) is 2.89. The first-order valence-electron chi connectivity index (χ1n) is 8.90. The molecule has 140 valence electrons. The van der Waals surface area contributed by atoms with Gasteiger partial charge in [0.05, 0.1) is 6.54 Å². The highest BCUT2D eigenvalue weighted by Crippen LogP contribution is 2.22. The number of ether oxygens (including phenoxy) is 1. The third kappa shape index (κ3) is 4.20. The molecule has 1 amide bonds. The molecule has 1 N–H and O–H groups in total. The van der Waals surface area contributed by atoms with Gasteiger partial charge in [-0.05, 0) is 59.3 Å². The Morgan fingerprint density at radius 2 is 1.71 bits per heavy atom. The lowest BCUT2D eigenvalue weighted by atomic mass is 10.1. The number of fused-ring (bicyclic) bond motifs is 1. The lowest BCUT2D eigenvalue weighted by molar-refractivity contribution is -0.123. The minimum absolute atomic E-state index is 0.0795. The summed E-state index contributed by atoms with van der Waals surface area (Å²) < 4.78 is 24.3. The molecule has 28 heavy (non-hydrogen) atoms. The largest absolute Gasteiger partial charge is 0.484 e. The summed E-state index contributed by atoms with van der Waals surface area (Å²) in [6.45, 7) is 0.172. The van der Waals surface area contributed by atoms with Crippen LogP contribution in [0.5, 0.6) is 5.75 Å². The maximum atomic E-state index is 13.0. The molecule has 1 aromatic heterocycles. The number of benzene rings is 3. The topological polar surface area (TPSA) is 51.5 Å². The third-order valence-corrected chi connectivity index (χ3v) is 4.34. The molecule has 0 saturated carbocycles. The van der Waals surface area contributed by atoms with Gasteiger partial charge in [0.1, 0.15) is 23.1 Å². The highest BCUT2D eigenvalue weighted by Gasteiger charge is 2.08. The first kappa shape index (κ1) is 17.8. The zero-order valence-electron chi connectivity index (χ0n) is 15.0. The number of nitrogens with one attached hydrogen (secondary N) is 1. The van der Waals surface area contributed by atoms with Gasteiger partial charge in [-0.1, -0.05) is 30.3 Å². The van der Waals surface area contributed by atoms with Crippen molar-refractivity contribution in [1.29, 1.82) is 0 Å². The molecule has 0 fully saturated rings. The molecule has 0 saturated heterocycles. The summed E-state index contributed by atoms with van der Waals surface area (Å²) in [6, 6.07) is 23.3. The van der Waals surface area contributed by atoms with Gasteiger partial charge in [-0.25, -0.2) is 4.39 Å². The van der Waals surface area contributed by atoms with Crippen LogP contribution in [0.4, 0.5) is 4.39 Å². The Morgan fingerprint density at radius 3 is 2.54 bits per heavy atom. The van der Waals surface area contributed by atoms with E-state index < -0.39 is 0 Å². The molecular weight excluding hydrogens is 357 g/mol. The second kappa shape index (κ2) is 7.96. The molecule has 5 heteroatoms. The maximum absolute atomic E-state index is 13.0. The zero-order chi connectivity index (χ0) is 19.3. The van der Waals surface area contributed by atoms with Crippen molar-refractivity contribution in [3.8, 4) is 17.1 Å². The van der Waals surface area contributed by atoms with Crippen molar-refractivity contribution in [3.05, 3.63) is 90.4 Å². The average Bonchev–Trinajstić information content (AvgIpc) is 3.20. The Kier molecular flexibility index (Phi) is 5.06. The van der Waals surface area contributed by atoms with E-state index in [0.29, 0.717) is 17.3 Å². The summed E-state index contributed by atoms with van der Waals surface area (Å²) in [5.41, 5.74) is 0.776. The smallest absolute Gasteiger partial charge is 0.258 e. The molecule has 0 radical (unpaired) electrons. The van der Waals surface area contributed by atoms with Gasteiger partial charge in [-0.2, -0.15) is 0 Å². The monoisotopic (exact) mass is 375 g/mol. The Morgan fingerprint density at radius 1 is 0.929 bits per heavy atom. The number of hydrogen-bond donors (Lipinski definition) is 1. The van der Waals surface area contributed by atoms with Crippen LogP contribution in [0.15, 0.2) is 83.3 Å². The van der Waals surface area contributed by atoms with Crippen molar-refractivity contribution in [2.45, 2.75) is 6.54 Å². The minimum atomic E-state index is -0.297. The van der Waals surface area contributed by atoms with Gasteiger partial charge in [0.25, 0.3) is 5.91 Å². The number of halogens is 1. The van der Waals surface area contributed by atoms with E-state index in [1.807, 2.05) is 42.5 Å². The van der Waals surface area contributed by atoms with Crippen LogP contribution < -0.4 is 10.1 Å². The number of hydrogen-bond acceptors (Lipinski definition) is 3. The molecule has 0 aliphatic rings. The second-order valence-corrected chi connectivity index (χ2v) is 6.35.